The van der Waals surface area contributed by atoms with Crippen LogP contribution in [-0.2, 0) is 9.53 Å². The molecule has 2 N–H and O–H groups in total. The minimum atomic E-state index is -0.710. The van der Waals surface area contributed by atoms with Crippen LogP contribution in [0.1, 0.15) is 19.8 Å². The summed E-state index contributed by atoms with van der Waals surface area (Å²) in [6, 6.07) is 0. The molecule has 0 saturated heterocycles. The second-order valence-corrected chi connectivity index (χ2v) is 2.91. The SMILES string of the molecule is C=CC(=O)OCC(O)CCC(C)O. The van der Waals surface area contributed by atoms with Crippen molar-refractivity contribution in [2.24, 2.45) is 0 Å². The largest absolute Gasteiger partial charge is 0.460 e. The molecule has 4 nitrogen and oxygen atoms in total. The maximum Gasteiger partial charge on any atom is 0.330 e. The average molecular weight is 188 g/mol. The summed E-state index contributed by atoms with van der Waals surface area (Å²) in [5, 5.41) is 18.1. The molecule has 0 aromatic rings. The van der Waals surface area contributed by atoms with Crippen LogP contribution in [0.3, 0.4) is 0 Å². The van der Waals surface area contributed by atoms with E-state index in [0.717, 1.165) is 6.08 Å². The van der Waals surface area contributed by atoms with Crippen molar-refractivity contribution < 1.29 is 19.7 Å². The van der Waals surface area contributed by atoms with E-state index in [0.29, 0.717) is 12.8 Å². The quantitative estimate of drug-likeness (QED) is 0.463. The third-order valence-electron chi connectivity index (χ3n) is 1.50. The summed E-state index contributed by atoms with van der Waals surface area (Å²) in [6.45, 7) is 4.81. The van der Waals surface area contributed by atoms with Gasteiger partial charge in [-0.3, -0.25) is 0 Å². The number of esters is 1. The van der Waals surface area contributed by atoms with Gasteiger partial charge in [-0.25, -0.2) is 4.79 Å². The second kappa shape index (κ2) is 6.62. The monoisotopic (exact) mass is 188 g/mol. The van der Waals surface area contributed by atoms with Crippen molar-refractivity contribution in [2.75, 3.05) is 6.61 Å². The minimum Gasteiger partial charge on any atom is -0.460 e. The molecule has 0 aromatic heterocycles. The molecule has 0 aliphatic carbocycles. The number of carbonyl (C=O) groups is 1. The van der Waals surface area contributed by atoms with Crippen molar-refractivity contribution >= 4 is 5.97 Å². The van der Waals surface area contributed by atoms with Crippen LogP contribution in [0.5, 0.6) is 0 Å². The van der Waals surface area contributed by atoms with Crippen LogP contribution in [0.25, 0.3) is 0 Å². The van der Waals surface area contributed by atoms with Gasteiger partial charge in [0.1, 0.15) is 6.61 Å². The summed E-state index contributed by atoms with van der Waals surface area (Å²) in [5.41, 5.74) is 0. The van der Waals surface area contributed by atoms with Gasteiger partial charge in [-0.1, -0.05) is 6.58 Å². The van der Waals surface area contributed by atoms with Crippen LogP contribution >= 0.6 is 0 Å². The predicted molar refractivity (Wildman–Crippen MR) is 48.1 cm³/mol. The topological polar surface area (TPSA) is 66.8 Å². The zero-order valence-electron chi connectivity index (χ0n) is 7.77. The molecule has 0 fully saturated rings. The van der Waals surface area contributed by atoms with Crippen LogP contribution in [0, 0.1) is 0 Å². The highest BCUT2D eigenvalue weighted by molar-refractivity contribution is 5.81. The van der Waals surface area contributed by atoms with Gasteiger partial charge in [0.15, 0.2) is 0 Å². The van der Waals surface area contributed by atoms with Crippen LogP contribution in [0.4, 0.5) is 0 Å². The molecule has 0 radical (unpaired) electrons. The first-order valence-electron chi connectivity index (χ1n) is 4.21. The van der Waals surface area contributed by atoms with Crippen molar-refractivity contribution in [3.05, 3.63) is 12.7 Å². The normalized spacial score (nSPS) is 14.7. The van der Waals surface area contributed by atoms with Gasteiger partial charge in [-0.15, -0.1) is 0 Å². The Labute approximate surface area is 77.8 Å². The highest BCUT2D eigenvalue weighted by Crippen LogP contribution is 2.01. The van der Waals surface area contributed by atoms with Crippen molar-refractivity contribution in [3.8, 4) is 0 Å². The molecule has 4 heteroatoms. The molecule has 0 aromatic carbocycles. The summed E-state index contributed by atoms with van der Waals surface area (Å²) in [6.07, 6.45) is 0.805. The fraction of sp³-hybridized carbons (Fsp3) is 0.667. The van der Waals surface area contributed by atoms with Gasteiger partial charge in [0.25, 0.3) is 0 Å². The molecule has 0 spiro atoms. The maximum absolute atomic E-state index is 10.6. The van der Waals surface area contributed by atoms with E-state index in [4.69, 9.17) is 5.11 Å². The fourth-order valence-electron chi connectivity index (χ4n) is 0.754. The Kier molecular flexibility index (Phi) is 6.18. The molecule has 0 amide bonds. The molecule has 0 bridgehead atoms. The van der Waals surface area contributed by atoms with Crippen LogP contribution in [0.2, 0.25) is 0 Å². The smallest absolute Gasteiger partial charge is 0.330 e. The number of ether oxygens (including phenoxy) is 1. The summed E-state index contributed by atoms with van der Waals surface area (Å²) >= 11 is 0. The van der Waals surface area contributed by atoms with E-state index >= 15 is 0 Å². The lowest BCUT2D eigenvalue weighted by Gasteiger charge is -2.11. The number of carbonyl (C=O) groups excluding carboxylic acids is 1. The molecule has 0 aliphatic heterocycles. The number of aliphatic hydroxyl groups excluding tert-OH is 2. The number of hydrogen-bond acceptors (Lipinski definition) is 4. The first-order valence-corrected chi connectivity index (χ1v) is 4.21. The van der Waals surface area contributed by atoms with E-state index in [1.807, 2.05) is 0 Å². The summed E-state index contributed by atoms with van der Waals surface area (Å²) in [7, 11) is 0. The molecule has 0 rings (SSSR count). The Balaban J connectivity index is 3.45. The third kappa shape index (κ3) is 7.49. The van der Waals surface area contributed by atoms with E-state index < -0.39 is 18.2 Å². The first-order chi connectivity index (χ1) is 6.06. The Morgan fingerprint density at radius 2 is 2.15 bits per heavy atom. The van der Waals surface area contributed by atoms with Gasteiger partial charge in [0, 0.05) is 6.08 Å². The molecule has 0 heterocycles. The van der Waals surface area contributed by atoms with Crippen molar-refractivity contribution in [1.82, 2.24) is 0 Å². The van der Waals surface area contributed by atoms with E-state index in [2.05, 4.69) is 11.3 Å². The summed E-state index contributed by atoms with van der Waals surface area (Å²) < 4.78 is 4.60. The standard InChI is InChI=1S/C9H16O4/c1-3-9(12)13-6-8(11)5-4-7(2)10/h3,7-8,10-11H,1,4-6H2,2H3. The van der Waals surface area contributed by atoms with Crippen molar-refractivity contribution in [2.45, 2.75) is 32.0 Å². The van der Waals surface area contributed by atoms with E-state index in [9.17, 15) is 9.90 Å². The molecule has 2 unspecified atom stereocenters. The lowest BCUT2D eigenvalue weighted by molar-refractivity contribution is -0.140. The highest BCUT2D eigenvalue weighted by atomic mass is 16.5. The van der Waals surface area contributed by atoms with Gasteiger partial charge in [0.2, 0.25) is 0 Å². The second-order valence-electron chi connectivity index (χ2n) is 2.91. The number of aliphatic hydroxyl groups is 2. The minimum absolute atomic E-state index is 0.0441. The zero-order valence-corrected chi connectivity index (χ0v) is 7.77. The van der Waals surface area contributed by atoms with Gasteiger partial charge in [0.05, 0.1) is 12.2 Å². The highest BCUT2D eigenvalue weighted by Gasteiger charge is 2.07. The predicted octanol–water partition coefficient (Wildman–Crippen LogP) is 0.237. The van der Waals surface area contributed by atoms with Crippen molar-refractivity contribution in [1.29, 1.82) is 0 Å². The van der Waals surface area contributed by atoms with E-state index in [1.54, 1.807) is 6.92 Å². The lowest BCUT2D eigenvalue weighted by atomic mass is 10.1. The number of hydrogen-bond donors (Lipinski definition) is 2. The first kappa shape index (κ1) is 12.1. The lowest BCUT2D eigenvalue weighted by Crippen LogP contribution is -2.19. The van der Waals surface area contributed by atoms with Crippen LogP contribution in [0.15, 0.2) is 12.7 Å². The van der Waals surface area contributed by atoms with E-state index in [-0.39, 0.29) is 6.61 Å². The maximum atomic E-state index is 10.6. The average Bonchev–Trinajstić information content (AvgIpc) is 2.10. The molecular weight excluding hydrogens is 172 g/mol. The van der Waals surface area contributed by atoms with Gasteiger partial charge in [-0.2, -0.15) is 0 Å². The molecular formula is C9H16O4. The van der Waals surface area contributed by atoms with Gasteiger partial charge >= 0.3 is 5.97 Å². The Hall–Kier alpha value is -0.870. The molecule has 0 saturated carbocycles. The fourth-order valence-corrected chi connectivity index (χ4v) is 0.754. The van der Waals surface area contributed by atoms with Crippen LogP contribution < -0.4 is 0 Å². The van der Waals surface area contributed by atoms with Gasteiger partial charge < -0.3 is 14.9 Å². The third-order valence-corrected chi connectivity index (χ3v) is 1.50. The van der Waals surface area contributed by atoms with Gasteiger partial charge in [-0.05, 0) is 19.8 Å². The van der Waals surface area contributed by atoms with Crippen molar-refractivity contribution in [3.63, 3.8) is 0 Å². The number of rotatable bonds is 6. The van der Waals surface area contributed by atoms with Crippen LogP contribution in [-0.4, -0.2) is 35.0 Å². The Morgan fingerprint density at radius 1 is 1.54 bits per heavy atom. The molecule has 13 heavy (non-hydrogen) atoms. The molecule has 76 valence electrons. The molecule has 0 aliphatic rings. The van der Waals surface area contributed by atoms with E-state index in [1.165, 1.54) is 0 Å². The summed E-state index contributed by atoms with van der Waals surface area (Å²) in [5.74, 6) is -0.545. The Bertz CT molecular complexity index is 165. The Morgan fingerprint density at radius 3 is 2.62 bits per heavy atom. The summed E-state index contributed by atoms with van der Waals surface area (Å²) in [4.78, 5) is 10.6. The molecule has 2 atom stereocenters. The zero-order chi connectivity index (χ0) is 10.3.